The van der Waals surface area contributed by atoms with Gasteiger partial charge < -0.3 is 0 Å². The van der Waals surface area contributed by atoms with Crippen LogP contribution in [0.25, 0.3) is 0 Å². The van der Waals surface area contributed by atoms with Gasteiger partial charge in [-0.2, -0.15) is 0 Å². The van der Waals surface area contributed by atoms with Crippen molar-refractivity contribution in [1.29, 1.82) is 0 Å². The average Bonchev–Trinajstić information content (AvgIpc) is 2.18. The van der Waals surface area contributed by atoms with E-state index in [-0.39, 0.29) is 0 Å². The minimum atomic E-state index is 0.500. The Hall–Kier alpha value is -0.780. The van der Waals surface area contributed by atoms with Gasteiger partial charge in [0.05, 0.1) is 0 Å². The van der Waals surface area contributed by atoms with Crippen LogP contribution in [0, 0.1) is 5.41 Å². The first kappa shape index (κ1) is 9.76. The summed E-state index contributed by atoms with van der Waals surface area (Å²) in [6.45, 7) is 4.84. The highest BCUT2D eigenvalue weighted by atomic mass is 14.4. The Labute approximate surface area is 87.3 Å². The molecule has 1 aromatic carbocycles. The molecule has 1 aliphatic carbocycles. The SMILES string of the molecule is CC1(C)CCCCC1c1ccccc1. The highest BCUT2D eigenvalue weighted by Crippen LogP contribution is 2.46. The predicted molar refractivity (Wildman–Crippen MR) is 61.4 cm³/mol. The Balaban J connectivity index is 2.24. The van der Waals surface area contributed by atoms with Gasteiger partial charge in [0, 0.05) is 0 Å². The zero-order valence-corrected chi connectivity index (χ0v) is 9.29. The topological polar surface area (TPSA) is 0 Å². The molecule has 1 saturated carbocycles. The van der Waals surface area contributed by atoms with Gasteiger partial charge in [-0.05, 0) is 29.7 Å². The van der Waals surface area contributed by atoms with Crippen molar-refractivity contribution in [3.8, 4) is 0 Å². The lowest BCUT2D eigenvalue weighted by Crippen LogP contribution is -2.25. The van der Waals surface area contributed by atoms with E-state index in [1.807, 2.05) is 0 Å². The summed E-state index contributed by atoms with van der Waals surface area (Å²) < 4.78 is 0. The van der Waals surface area contributed by atoms with E-state index in [4.69, 9.17) is 0 Å². The predicted octanol–water partition coefficient (Wildman–Crippen LogP) is 4.37. The molecular weight excluding hydrogens is 168 g/mol. The normalized spacial score (nSPS) is 26.0. The Morgan fingerprint density at radius 2 is 1.79 bits per heavy atom. The van der Waals surface area contributed by atoms with E-state index in [1.165, 1.54) is 31.2 Å². The van der Waals surface area contributed by atoms with Gasteiger partial charge >= 0.3 is 0 Å². The molecule has 0 heteroatoms. The van der Waals surface area contributed by atoms with Crippen LogP contribution in [-0.2, 0) is 0 Å². The second kappa shape index (κ2) is 3.76. The Morgan fingerprint density at radius 1 is 1.07 bits per heavy atom. The molecule has 0 bridgehead atoms. The molecule has 0 aromatic heterocycles. The third kappa shape index (κ3) is 1.84. The van der Waals surface area contributed by atoms with E-state index < -0.39 is 0 Å². The molecule has 0 saturated heterocycles. The summed E-state index contributed by atoms with van der Waals surface area (Å²) in [4.78, 5) is 0. The maximum atomic E-state index is 2.42. The molecule has 0 radical (unpaired) electrons. The molecule has 14 heavy (non-hydrogen) atoms. The summed E-state index contributed by atoms with van der Waals surface area (Å²) in [6.07, 6.45) is 5.57. The van der Waals surface area contributed by atoms with Crippen LogP contribution in [0.4, 0.5) is 0 Å². The monoisotopic (exact) mass is 188 g/mol. The minimum Gasteiger partial charge on any atom is -0.0622 e. The fourth-order valence-electron chi connectivity index (χ4n) is 2.80. The van der Waals surface area contributed by atoms with Gasteiger partial charge in [-0.3, -0.25) is 0 Å². The summed E-state index contributed by atoms with van der Waals surface area (Å²) in [5.41, 5.74) is 2.04. The molecule has 0 N–H and O–H groups in total. The maximum absolute atomic E-state index is 2.42. The first-order valence-corrected chi connectivity index (χ1v) is 5.75. The molecule has 0 heterocycles. The lowest BCUT2D eigenvalue weighted by Gasteiger charge is -2.39. The fraction of sp³-hybridized carbons (Fsp3) is 0.571. The quantitative estimate of drug-likeness (QED) is 0.614. The summed E-state index contributed by atoms with van der Waals surface area (Å²) >= 11 is 0. The van der Waals surface area contributed by atoms with Gasteiger partial charge in [0.1, 0.15) is 0 Å². The van der Waals surface area contributed by atoms with Crippen molar-refractivity contribution in [2.75, 3.05) is 0 Å². The first-order chi connectivity index (χ1) is 6.70. The molecule has 76 valence electrons. The van der Waals surface area contributed by atoms with Gasteiger partial charge in [-0.15, -0.1) is 0 Å². The van der Waals surface area contributed by atoms with Crippen molar-refractivity contribution in [1.82, 2.24) is 0 Å². The van der Waals surface area contributed by atoms with Gasteiger partial charge in [0.2, 0.25) is 0 Å². The van der Waals surface area contributed by atoms with Crippen molar-refractivity contribution < 1.29 is 0 Å². The molecule has 1 atom stereocenters. The van der Waals surface area contributed by atoms with Crippen molar-refractivity contribution in [3.05, 3.63) is 35.9 Å². The molecule has 1 fully saturated rings. The third-order valence-electron chi connectivity index (χ3n) is 3.71. The van der Waals surface area contributed by atoms with Crippen LogP contribution in [0.3, 0.4) is 0 Å². The highest BCUT2D eigenvalue weighted by molar-refractivity contribution is 5.22. The molecule has 0 nitrogen and oxygen atoms in total. The van der Waals surface area contributed by atoms with Crippen LogP contribution in [0.2, 0.25) is 0 Å². The van der Waals surface area contributed by atoms with E-state index in [0.717, 1.165) is 5.92 Å². The number of rotatable bonds is 1. The number of hydrogen-bond donors (Lipinski definition) is 0. The molecule has 0 aliphatic heterocycles. The van der Waals surface area contributed by atoms with Crippen LogP contribution in [0.15, 0.2) is 30.3 Å². The summed E-state index contributed by atoms with van der Waals surface area (Å²) in [7, 11) is 0. The Kier molecular flexibility index (Phi) is 2.62. The smallest absolute Gasteiger partial charge is 0.0111 e. The Bertz CT molecular complexity index is 284. The molecule has 0 amide bonds. The van der Waals surface area contributed by atoms with Gasteiger partial charge in [-0.25, -0.2) is 0 Å². The number of benzene rings is 1. The van der Waals surface area contributed by atoms with Gasteiger partial charge in [0.15, 0.2) is 0 Å². The second-order valence-electron chi connectivity index (χ2n) is 5.20. The van der Waals surface area contributed by atoms with Crippen LogP contribution in [-0.4, -0.2) is 0 Å². The Morgan fingerprint density at radius 3 is 2.43 bits per heavy atom. The zero-order chi connectivity index (χ0) is 10.0. The second-order valence-corrected chi connectivity index (χ2v) is 5.20. The van der Waals surface area contributed by atoms with Crippen molar-refractivity contribution in [3.63, 3.8) is 0 Å². The summed E-state index contributed by atoms with van der Waals surface area (Å²) in [6, 6.07) is 11.0. The van der Waals surface area contributed by atoms with Crippen LogP contribution in [0.5, 0.6) is 0 Å². The lowest BCUT2D eigenvalue weighted by atomic mass is 9.66. The van der Waals surface area contributed by atoms with Crippen molar-refractivity contribution in [2.45, 2.75) is 45.4 Å². The van der Waals surface area contributed by atoms with E-state index in [0.29, 0.717) is 5.41 Å². The summed E-state index contributed by atoms with van der Waals surface area (Å²) in [5, 5.41) is 0. The molecule has 1 aromatic rings. The van der Waals surface area contributed by atoms with E-state index >= 15 is 0 Å². The largest absolute Gasteiger partial charge is 0.0622 e. The van der Waals surface area contributed by atoms with Crippen LogP contribution < -0.4 is 0 Å². The van der Waals surface area contributed by atoms with E-state index in [2.05, 4.69) is 44.2 Å². The zero-order valence-electron chi connectivity index (χ0n) is 9.29. The molecular formula is C14H20. The van der Waals surface area contributed by atoms with Crippen molar-refractivity contribution >= 4 is 0 Å². The highest BCUT2D eigenvalue weighted by Gasteiger charge is 2.32. The molecule has 0 spiro atoms. The molecule has 1 unspecified atom stereocenters. The van der Waals surface area contributed by atoms with Crippen molar-refractivity contribution in [2.24, 2.45) is 5.41 Å². The fourth-order valence-corrected chi connectivity index (χ4v) is 2.80. The van der Waals surface area contributed by atoms with Gasteiger partial charge in [0.25, 0.3) is 0 Å². The van der Waals surface area contributed by atoms with Crippen LogP contribution in [0.1, 0.15) is 51.0 Å². The average molecular weight is 188 g/mol. The summed E-state index contributed by atoms with van der Waals surface area (Å²) in [5.74, 6) is 0.775. The molecule has 2 rings (SSSR count). The standard InChI is InChI=1S/C14H20/c1-14(2)11-7-6-10-13(14)12-8-4-3-5-9-12/h3-5,8-9,13H,6-7,10-11H2,1-2H3. The molecule has 1 aliphatic rings. The third-order valence-corrected chi connectivity index (χ3v) is 3.71. The number of hydrogen-bond acceptors (Lipinski definition) is 0. The van der Waals surface area contributed by atoms with Crippen LogP contribution >= 0.6 is 0 Å². The van der Waals surface area contributed by atoms with Gasteiger partial charge in [-0.1, -0.05) is 57.0 Å². The lowest BCUT2D eigenvalue weighted by molar-refractivity contribution is 0.199. The minimum absolute atomic E-state index is 0.500. The van der Waals surface area contributed by atoms with E-state index in [1.54, 1.807) is 0 Å². The maximum Gasteiger partial charge on any atom is -0.0111 e. The van der Waals surface area contributed by atoms with E-state index in [9.17, 15) is 0 Å². The first-order valence-electron chi connectivity index (χ1n) is 5.75.